The molecule has 220 valence electrons. The minimum atomic E-state index is -0.910. The SMILES string of the molecule is C=Cc1cccc(C(C(=O)NC2CCCCC2)N(C(=O)C(Cc2ccccc2)NC(=O)OC(C)(C)C)C2CC2C)c1. The van der Waals surface area contributed by atoms with Gasteiger partial charge < -0.3 is 20.3 Å². The average Bonchev–Trinajstić information content (AvgIpc) is 3.66. The number of alkyl carbamates (subject to hydrolysis) is 1. The van der Waals surface area contributed by atoms with Crippen molar-refractivity contribution >= 4 is 24.0 Å². The summed E-state index contributed by atoms with van der Waals surface area (Å²) < 4.78 is 5.55. The molecule has 7 heteroatoms. The summed E-state index contributed by atoms with van der Waals surface area (Å²) in [6, 6.07) is 15.5. The molecular weight excluding hydrogens is 514 g/mol. The minimum Gasteiger partial charge on any atom is -0.444 e. The predicted octanol–water partition coefficient (Wildman–Crippen LogP) is 6.19. The van der Waals surface area contributed by atoms with Crippen molar-refractivity contribution in [3.63, 3.8) is 0 Å². The van der Waals surface area contributed by atoms with Gasteiger partial charge in [0.1, 0.15) is 17.7 Å². The molecule has 0 saturated heterocycles. The molecular formula is C34H45N3O4. The maximum Gasteiger partial charge on any atom is 0.408 e. The zero-order valence-corrected chi connectivity index (χ0v) is 24.9. The molecule has 0 heterocycles. The zero-order chi connectivity index (χ0) is 29.6. The Balaban J connectivity index is 1.72. The number of carbonyl (C=O) groups excluding carboxylic acids is 3. The van der Waals surface area contributed by atoms with Crippen LogP contribution in [0.15, 0.2) is 61.2 Å². The topological polar surface area (TPSA) is 87.7 Å². The summed E-state index contributed by atoms with van der Waals surface area (Å²) in [5.74, 6) is -0.228. The second-order valence-electron chi connectivity index (χ2n) is 12.5. The lowest BCUT2D eigenvalue weighted by molar-refractivity contribution is -0.143. The number of hydrogen-bond acceptors (Lipinski definition) is 4. The fourth-order valence-corrected chi connectivity index (χ4v) is 5.67. The monoisotopic (exact) mass is 559 g/mol. The van der Waals surface area contributed by atoms with Crippen molar-refractivity contribution in [3.8, 4) is 0 Å². The Kier molecular flexibility index (Phi) is 9.90. The molecule has 3 amide bonds. The highest BCUT2D eigenvalue weighted by molar-refractivity contribution is 5.93. The van der Waals surface area contributed by atoms with Gasteiger partial charge in [0.2, 0.25) is 11.8 Å². The van der Waals surface area contributed by atoms with Crippen LogP contribution in [0.4, 0.5) is 4.79 Å². The lowest BCUT2D eigenvalue weighted by atomic mass is 9.94. The van der Waals surface area contributed by atoms with E-state index in [0.717, 1.165) is 48.8 Å². The van der Waals surface area contributed by atoms with Gasteiger partial charge in [0.05, 0.1) is 0 Å². The Hall–Kier alpha value is -3.61. The summed E-state index contributed by atoms with van der Waals surface area (Å²) >= 11 is 0. The molecule has 2 fully saturated rings. The van der Waals surface area contributed by atoms with E-state index in [1.54, 1.807) is 31.7 Å². The van der Waals surface area contributed by atoms with Gasteiger partial charge in [0.25, 0.3) is 0 Å². The molecule has 0 aromatic heterocycles. The number of rotatable bonds is 10. The van der Waals surface area contributed by atoms with E-state index in [4.69, 9.17) is 4.74 Å². The first kappa shape index (κ1) is 30.4. The summed E-state index contributed by atoms with van der Waals surface area (Å²) in [5, 5.41) is 6.13. The lowest BCUT2D eigenvalue weighted by Crippen LogP contribution is -2.55. The largest absolute Gasteiger partial charge is 0.444 e. The highest BCUT2D eigenvalue weighted by Gasteiger charge is 2.48. The van der Waals surface area contributed by atoms with Crippen LogP contribution in [0.25, 0.3) is 6.08 Å². The van der Waals surface area contributed by atoms with Crippen molar-refractivity contribution < 1.29 is 19.1 Å². The zero-order valence-electron chi connectivity index (χ0n) is 24.9. The van der Waals surface area contributed by atoms with Crippen LogP contribution in [0.3, 0.4) is 0 Å². The molecule has 2 aromatic rings. The molecule has 0 aliphatic heterocycles. The van der Waals surface area contributed by atoms with Crippen LogP contribution < -0.4 is 10.6 Å². The van der Waals surface area contributed by atoms with Crippen LogP contribution in [0.1, 0.15) is 89.0 Å². The van der Waals surface area contributed by atoms with E-state index in [2.05, 4.69) is 24.1 Å². The van der Waals surface area contributed by atoms with Gasteiger partial charge in [-0.25, -0.2) is 4.79 Å². The summed E-state index contributed by atoms with van der Waals surface area (Å²) in [7, 11) is 0. The molecule has 0 radical (unpaired) electrons. The normalized spacial score (nSPS) is 20.3. The molecule has 7 nitrogen and oxygen atoms in total. The maximum atomic E-state index is 14.6. The van der Waals surface area contributed by atoms with Gasteiger partial charge in [0.15, 0.2) is 0 Å². The summed E-state index contributed by atoms with van der Waals surface area (Å²) in [5.41, 5.74) is 1.80. The molecule has 41 heavy (non-hydrogen) atoms. The van der Waals surface area contributed by atoms with E-state index in [1.165, 1.54) is 6.42 Å². The van der Waals surface area contributed by atoms with Gasteiger partial charge in [-0.1, -0.05) is 87.4 Å². The Bertz CT molecular complexity index is 1220. The first-order valence-electron chi connectivity index (χ1n) is 14.9. The van der Waals surface area contributed by atoms with Crippen LogP contribution in [0, 0.1) is 5.92 Å². The Morgan fingerprint density at radius 1 is 1.05 bits per heavy atom. The quantitative estimate of drug-likeness (QED) is 0.363. The van der Waals surface area contributed by atoms with Crippen molar-refractivity contribution in [1.82, 2.24) is 15.5 Å². The third-order valence-corrected chi connectivity index (χ3v) is 7.89. The molecule has 0 bridgehead atoms. The number of hydrogen-bond donors (Lipinski definition) is 2. The number of carbonyl (C=O) groups is 3. The molecule has 4 rings (SSSR count). The first-order valence-corrected chi connectivity index (χ1v) is 14.9. The van der Waals surface area contributed by atoms with Crippen molar-refractivity contribution in [3.05, 3.63) is 77.9 Å². The van der Waals surface area contributed by atoms with Gasteiger partial charge in [0, 0.05) is 18.5 Å². The van der Waals surface area contributed by atoms with Gasteiger partial charge in [-0.3, -0.25) is 9.59 Å². The predicted molar refractivity (Wildman–Crippen MR) is 162 cm³/mol. The smallest absolute Gasteiger partial charge is 0.408 e. The van der Waals surface area contributed by atoms with Crippen LogP contribution in [0.5, 0.6) is 0 Å². The lowest BCUT2D eigenvalue weighted by Gasteiger charge is -2.36. The average molecular weight is 560 g/mol. The highest BCUT2D eigenvalue weighted by atomic mass is 16.6. The van der Waals surface area contributed by atoms with E-state index in [9.17, 15) is 14.4 Å². The minimum absolute atomic E-state index is 0.0925. The van der Waals surface area contributed by atoms with Crippen molar-refractivity contribution in [1.29, 1.82) is 0 Å². The maximum absolute atomic E-state index is 14.6. The van der Waals surface area contributed by atoms with Crippen LogP contribution >= 0.6 is 0 Å². The summed E-state index contributed by atoms with van der Waals surface area (Å²) in [6.07, 6.45) is 7.39. The fourth-order valence-electron chi connectivity index (χ4n) is 5.67. The van der Waals surface area contributed by atoms with E-state index in [-0.39, 0.29) is 36.2 Å². The van der Waals surface area contributed by atoms with Crippen molar-refractivity contribution in [2.75, 3.05) is 0 Å². The van der Waals surface area contributed by atoms with Crippen molar-refractivity contribution in [2.24, 2.45) is 5.92 Å². The molecule has 0 spiro atoms. The highest BCUT2D eigenvalue weighted by Crippen LogP contribution is 2.41. The van der Waals surface area contributed by atoms with Gasteiger partial charge in [-0.15, -0.1) is 0 Å². The molecule has 2 aliphatic rings. The van der Waals surface area contributed by atoms with E-state index in [0.29, 0.717) is 0 Å². The molecule has 4 atom stereocenters. The Morgan fingerprint density at radius 2 is 1.73 bits per heavy atom. The van der Waals surface area contributed by atoms with Crippen LogP contribution in [-0.2, 0) is 20.7 Å². The summed E-state index contributed by atoms with van der Waals surface area (Å²) in [6.45, 7) is 11.4. The van der Waals surface area contributed by atoms with Crippen LogP contribution in [-0.4, -0.2) is 46.5 Å². The second-order valence-corrected chi connectivity index (χ2v) is 12.5. The van der Waals surface area contributed by atoms with E-state index in [1.807, 2.05) is 54.6 Å². The van der Waals surface area contributed by atoms with Crippen molar-refractivity contribution in [2.45, 2.75) is 102 Å². The van der Waals surface area contributed by atoms with Gasteiger partial charge in [-0.05, 0) is 68.7 Å². The number of amides is 3. The number of ether oxygens (including phenoxy) is 1. The standard InChI is InChI=1S/C34H45N3O4/c1-6-24-16-13-17-26(21-24)30(31(38)35-27-18-11-8-12-19-27)37(29-20-23(29)2)32(39)28(22-25-14-9-7-10-15-25)36-33(40)41-34(3,4)5/h6-7,9-10,13-17,21,23,27-30H,1,8,11-12,18-20,22H2,2-5H3,(H,35,38)(H,36,40). The van der Waals surface area contributed by atoms with Gasteiger partial charge in [-0.2, -0.15) is 0 Å². The third-order valence-electron chi connectivity index (χ3n) is 7.89. The first-order chi connectivity index (χ1) is 19.6. The second kappa shape index (κ2) is 13.4. The van der Waals surface area contributed by atoms with Crippen LogP contribution in [0.2, 0.25) is 0 Å². The Labute approximate surface area is 244 Å². The van der Waals surface area contributed by atoms with E-state index >= 15 is 0 Å². The summed E-state index contributed by atoms with van der Waals surface area (Å²) in [4.78, 5) is 43.4. The molecule has 2 saturated carbocycles. The Morgan fingerprint density at radius 3 is 2.34 bits per heavy atom. The number of benzene rings is 2. The molecule has 2 aliphatic carbocycles. The molecule has 2 aromatic carbocycles. The van der Waals surface area contributed by atoms with Gasteiger partial charge >= 0.3 is 6.09 Å². The fraction of sp³-hybridized carbons (Fsp3) is 0.500. The molecule has 4 unspecified atom stereocenters. The number of nitrogens with one attached hydrogen (secondary N) is 2. The molecule has 2 N–H and O–H groups in total. The van der Waals surface area contributed by atoms with E-state index < -0.39 is 23.8 Å². The third kappa shape index (κ3) is 8.44. The number of nitrogens with zero attached hydrogens (tertiary/aromatic N) is 1.